The number of benzene rings is 1. The van der Waals surface area contributed by atoms with Gasteiger partial charge in [0.25, 0.3) is 0 Å². The maximum Gasteiger partial charge on any atom is 0.0886 e. The fourth-order valence-electron chi connectivity index (χ4n) is 1.02. The largest absolute Gasteiger partial charge is 0.254 e. The van der Waals surface area contributed by atoms with Crippen molar-refractivity contribution in [2.24, 2.45) is 9.98 Å². The van der Waals surface area contributed by atoms with Gasteiger partial charge in [0.2, 0.25) is 0 Å². The highest BCUT2D eigenvalue weighted by molar-refractivity contribution is 6.06. The zero-order valence-corrected chi connectivity index (χ0v) is 6.57. The number of allylic oxidation sites excluding steroid dienone is 1. The van der Waals surface area contributed by atoms with E-state index in [1.165, 1.54) is 0 Å². The molecule has 0 radical (unpaired) electrons. The Morgan fingerprint density at radius 2 is 1.42 bits per heavy atom. The van der Waals surface area contributed by atoms with Crippen LogP contribution in [0.2, 0.25) is 0 Å². The molecule has 58 valence electrons. The quantitative estimate of drug-likeness (QED) is 0.551. The first-order valence-corrected chi connectivity index (χ1v) is 3.72. The van der Waals surface area contributed by atoms with Gasteiger partial charge in [-0.3, -0.25) is 9.98 Å². The molecule has 0 aromatic heterocycles. The highest BCUT2D eigenvalue weighted by Crippen LogP contribution is 2.27. The van der Waals surface area contributed by atoms with E-state index < -0.39 is 0 Å². The van der Waals surface area contributed by atoms with Crippen LogP contribution in [0.5, 0.6) is 0 Å². The van der Waals surface area contributed by atoms with Crippen LogP contribution in [-0.4, -0.2) is 12.4 Å². The molecule has 0 amide bonds. The minimum absolute atomic E-state index is 0.825. The molecule has 0 atom stereocenters. The van der Waals surface area contributed by atoms with E-state index in [0.29, 0.717) is 0 Å². The molecule has 12 heavy (non-hydrogen) atoms. The van der Waals surface area contributed by atoms with E-state index >= 15 is 0 Å². The standard InChI is InChI=1S/C10H8N2/c1-8-6-11-9-4-2-3-5-10(9)12-7-8/h2-7H,1H2. The monoisotopic (exact) mass is 156 g/mol. The van der Waals surface area contributed by atoms with Crippen molar-refractivity contribution >= 4 is 23.8 Å². The highest BCUT2D eigenvalue weighted by atomic mass is 14.8. The van der Waals surface area contributed by atoms with Gasteiger partial charge in [0, 0.05) is 18.0 Å². The van der Waals surface area contributed by atoms with Crippen LogP contribution in [0.25, 0.3) is 0 Å². The maximum atomic E-state index is 4.22. The molecule has 2 heteroatoms. The molecule has 0 bridgehead atoms. The zero-order chi connectivity index (χ0) is 8.39. The van der Waals surface area contributed by atoms with Crippen molar-refractivity contribution in [2.45, 2.75) is 0 Å². The van der Waals surface area contributed by atoms with Crippen molar-refractivity contribution in [3.63, 3.8) is 0 Å². The molecular formula is C10H8N2. The Morgan fingerprint density at radius 1 is 0.917 bits per heavy atom. The third-order valence-corrected chi connectivity index (χ3v) is 1.62. The summed E-state index contributed by atoms with van der Waals surface area (Å²) < 4.78 is 0. The predicted octanol–water partition coefficient (Wildman–Crippen LogP) is 2.66. The van der Waals surface area contributed by atoms with Crippen molar-refractivity contribution in [2.75, 3.05) is 0 Å². The van der Waals surface area contributed by atoms with E-state index in [9.17, 15) is 0 Å². The van der Waals surface area contributed by atoms with Crippen molar-refractivity contribution in [3.05, 3.63) is 36.4 Å². The Morgan fingerprint density at radius 3 is 1.92 bits per heavy atom. The normalized spacial score (nSPS) is 14.2. The second-order valence-corrected chi connectivity index (χ2v) is 2.58. The van der Waals surface area contributed by atoms with Gasteiger partial charge in [0.15, 0.2) is 0 Å². The first-order chi connectivity index (χ1) is 5.86. The van der Waals surface area contributed by atoms with Gasteiger partial charge >= 0.3 is 0 Å². The Labute approximate surface area is 71.0 Å². The molecule has 0 fully saturated rings. The van der Waals surface area contributed by atoms with Crippen LogP contribution >= 0.6 is 0 Å². The van der Waals surface area contributed by atoms with E-state index in [1.807, 2.05) is 24.3 Å². The molecule has 0 aliphatic carbocycles. The van der Waals surface area contributed by atoms with E-state index in [1.54, 1.807) is 12.4 Å². The molecule has 0 saturated carbocycles. The summed E-state index contributed by atoms with van der Waals surface area (Å²) in [5.41, 5.74) is 2.62. The summed E-state index contributed by atoms with van der Waals surface area (Å²) in [5, 5.41) is 0. The third-order valence-electron chi connectivity index (χ3n) is 1.62. The fraction of sp³-hybridized carbons (Fsp3) is 0. The first-order valence-electron chi connectivity index (χ1n) is 3.72. The lowest BCUT2D eigenvalue weighted by molar-refractivity contribution is 1.48. The Balaban J connectivity index is 2.59. The zero-order valence-electron chi connectivity index (χ0n) is 6.57. The molecule has 2 nitrogen and oxygen atoms in total. The molecule has 0 saturated heterocycles. The Kier molecular flexibility index (Phi) is 1.59. The summed E-state index contributed by atoms with van der Waals surface area (Å²) in [4.78, 5) is 8.44. The van der Waals surface area contributed by atoms with Crippen LogP contribution in [0.3, 0.4) is 0 Å². The molecule has 1 aromatic rings. The molecular weight excluding hydrogens is 148 g/mol. The maximum absolute atomic E-state index is 4.22. The van der Waals surface area contributed by atoms with Crippen molar-refractivity contribution < 1.29 is 0 Å². The van der Waals surface area contributed by atoms with Gasteiger partial charge in [-0.25, -0.2) is 0 Å². The molecule has 1 aliphatic rings. The number of fused-ring (bicyclic) bond motifs is 1. The smallest absolute Gasteiger partial charge is 0.0886 e. The predicted molar refractivity (Wildman–Crippen MR) is 51.9 cm³/mol. The molecule has 1 aliphatic heterocycles. The average molecular weight is 156 g/mol. The summed E-state index contributed by atoms with van der Waals surface area (Å²) in [5.74, 6) is 0. The minimum atomic E-state index is 0.825. The fourth-order valence-corrected chi connectivity index (χ4v) is 1.02. The van der Waals surface area contributed by atoms with E-state index in [-0.39, 0.29) is 0 Å². The number of para-hydroxylation sites is 2. The lowest BCUT2D eigenvalue weighted by Crippen LogP contribution is -1.78. The number of hydrogen-bond donors (Lipinski definition) is 0. The highest BCUT2D eigenvalue weighted by Gasteiger charge is 1.99. The van der Waals surface area contributed by atoms with Gasteiger partial charge in [0.1, 0.15) is 0 Å². The topological polar surface area (TPSA) is 24.7 Å². The number of aliphatic imine (C=N–C) groups is 2. The van der Waals surface area contributed by atoms with Crippen LogP contribution < -0.4 is 0 Å². The molecule has 1 aromatic carbocycles. The van der Waals surface area contributed by atoms with Crippen molar-refractivity contribution in [1.82, 2.24) is 0 Å². The second-order valence-electron chi connectivity index (χ2n) is 2.58. The van der Waals surface area contributed by atoms with E-state index in [4.69, 9.17) is 0 Å². The van der Waals surface area contributed by atoms with Crippen molar-refractivity contribution in [3.8, 4) is 0 Å². The van der Waals surface area contributed by atoms with Crippen LogP contribution in [0, 0.1) is 0 Å². The molecule has 0 N–H and O–H groups in total. The Hall–Kier alpha value is -1.70. The third kappa shape index (κ3) is 1.19. The van der Waals surface area contributed by atoms with Gasteiger partial charge in [0.05, 0.1) is 11.4 Å². The molecule has 1 heterocycles. The SMILES string of the molecule is C=C1C=Nc2ccccc2N=C1. The van der Waals surface area contributed by atoms with Crippen LogP contribution in [0.4, 0.5) is 11.4 Å². The molecule has 0 spiro atoms. The summed E-state index contributed by atoms with van der Waals surface area (Å²) in [6.07, 6.45) is 3.44. The first kappa shape index (κ1) is 6.98. The van der Waals surface area contributed by atoms with Crippen molar-refractivity contribution in [1.29, 1.82) is 0 Å². The summed E-state index contributed by atoms with van der Waals surface area (Å²) >= 11 is 0. The van der Waals surface area contributed by atoms with Gasteiger partial charge in [-0.2, -0.15) is 0 Å². The number of nitrogens with zero attached hydrogens (tertiary/aromatic N) is 2. The second kappa shape index (κ2) is 2.74. The average Bonchev–Trinajstić information content (AvgIpc) is 2.29. The number of rotatable bonds is 0. The van der Waals surface area contributed by atoms with Gasteiger partial charge in [-0.1, -0.05) is 18.7 Å². The Bertz CT molecular complexity index is 340. The summed E-state index contributed by atoms with van der Waals surface area (Å²) in [6.45, 7) is 3.76. The lowest BCUT2D eigenvalue weighted by atomic mass is 10.3. The van der Waals surface area contributed by atoms with Crippen LogP contribution in [-0.2, 0) is 0 Å². The van der Waals surface area contributed by atoms with E-state index in [0.717, 1.165) is 16.9 Å². The van der Waals surface area contributed by atoms with Gasteiger partial charge in [-0.05, 0) is 12.1 Å². The van der Waals surface area contributed by atoms with Crippen LogP contribution in [0.1, 0.15) is 0 Å². The summed E-state index contributed by atoms with van der Waals surface area (Å²) in [6, 6.07) is 7.75. The minimum Gasteiger partial charge on any atom is -0.254 e. The van der Waals surface area contributed by atoms with E-state index in [2.05, 4.69) is 16.6 Å². The molecule has 0 unspecified atom stereocenters. The summed E-state index contributed by atoms with van der Waals surface area (Å²) in [7, 11) is 0. The van der Waals surface area contributed by atoms with Crippen LogP contribution in [0.15, 0.2) is 46.4 Å². The lowest BCUT2D eigenvalue weighted by Gasteiger charge is -1.94. The van der Waals surface area contributed by atoms with Gasteiger partial charge in [-0.15, -0.1) is 0 Å². The number of hydrogen-bond acceptors (Lipinski definition) is 2. The molecule has 2 rings (SSSR count). The van der Waals surface area contributed by atoms with Gasteiger partial charge < -0.3 is 0 Å².